The van der Waals surface area contributed by atoms with Crippen molar-refractivity contribution < 1.29 is 17.6 Å². The van der Waals surface area contributed by atoms with Gasteiger partial charge in [-0.3, -0.25) is 4.79 Å². The van der Waals surface area contributed by atoms with E-state index in [0.717, 1.165) is 0 Å². The monoisotopic (exact) mass is 244 g/mol. The van der Waals surface area contributed by atoms with Gasteiger partial charge in [-0.2, -0.15) is 0 Å². The zero-order chi connectivity index (χ0) is 12.2. The lowest BCUT2D eigenvalue weighted by Crippen LogP contribution is -2.10. The van der Waals surface area contributed by atoms with Crippen molar-refractivity contribution in [2.45, 2.75) is 26.7 Å². The Morgan fingerprint density at radius 2 is 2.12 bits per heavy atom. The second-order valence-electron chi connectivity index (χ2n) is 3.65. The van der Waals surface area contributed by atoms with Crippen LogP contribution < -0.4 is 0 Å². The molecule has 0 aliphatic rings. The van der Waals surface area contributed by atoms with Crippen LogP contribution in [-0.2, 0) is 9.84 Å². The van der Waals surface area contributed by atoms with Crippen molar-refractivity contribution in [1.82, 2.24) is 0 Å². The molecule has 5 heteroatoms. The maximum absolute atomic E-state index is 11.6. The molecule has 0 aromatic carbocycles. The normalized spacial score (nSPS) is 11.6. The standard InChI is InChI=1S/C11H16O4S/c1-3-16(13,14)8-4-5-11(12)10-6-7-15-9(10)2/h6-7H,3-5,8H2,1-2H3. The van der Waals surface area contributed by atoms with Crippen molar-refractivity contribution in [3.8, 4) is 0 Å². The van der Waals surface area contributed by atoms with Gasteiger partial charge in [-0.1, -0.05) is 6.92 Å². The molecule has 1 aromatic rings. The highest BCUT2D eigenvalue weighted by Gasteiger charge is 2.13. The lowest BCUT2D eigenvalue weighted by Gasteiger charge is -2.00. The van der Waals surface area contributed by atoms with Crippen LogP contribution in [0.5, 0.6) is 0 Å². The molecule has 0 unspecified atom stereocenters. The number of carbonyl (C=O) groups is 1. The summed E-state index contributed by atoms with van der Waals surface area (Å²) in [7, 11) is -2.97. The Bertz CT molecular complexity index is 456. The highest BCUT2D eigenvalue weighted by Crippen LogP contribution is 2.12. The molecule has 0 atom stereocenters. The van der Waals surface area contributed by atoms with Crippen molar-refractivity contribution in [2.75, 3.05) is 11.5 Å². The average molecular weight is 244 g/mol. The maximum Gasteiger partial charge on any atom is 0.166 e. The first-order valence-corrected chi connectivity index (χ1v) is 7.06. The Labute approximate surface area is 95.6 Å². The molecular formula is C11H16O4S. The largest absolute Gasteiger partial charge is 0.469 e. The van der Waals surface area contributed by atoms with Crippen molar-refractivity contribution >= 4 is 15.6 Å². The minimum absolute atomic E-state index is 0.0578. The van der Waals surface area contributed by atoms with E-state index < -0.39 is 9.84 Å². The van der Waals surface area contributed by atoms with Gasteiger partial charge < -0.3 is 4.42 Å². The summed E-state index contributed by atoms with van der Waals surface area (Å²) in [6.07, 6.45) is 2.09. The van der Waals surface area contributed by atoms with Crippen LogP contribution in [0.3, 0.4) is 0 Å². The van der Waals surface area contributed by atoms with Crippen LogP contribution >= 0.6 is 0 Å². The van der Waals surface area contributed by atoms with Gasteiger partial charge in [-0.15, -0.1) is 0 Å². The second kappa shape index (κ2) is 5.30. The molecule has 4 nitrogen and oxygen atoms in total. The molecule has 0 aliphatic heterocycles. The van der Waals surface area contributed by atoms with Gasteiger partial charge in [0.1, 0.15) is 15.6 Å². The van der Waals surface area contributed by atoms with E-state index in [0.29, 0.717) is 17.7 Å². The first-order chi connectivity index (χ1) is 7.46. The van der Waals surface area contributed by atoms with Gasteiger partial charge in [0, 0.05) is 12.2 Å². The van der Waals surface area contributed by atoms with E-state index in [1.54, 1.807) is 19.9 Å². The van der Waals surface area contributed by atoms with E-state index in [1.807, 2.05) is 0 Å². The third-order valence-corrected chi connectivity index (χ3v) is 4.25. The van der Waals surface area contributed by atoms with Crippen LogP contribution in [0, 0.1) is 6.92 Å². The van der Waals surface area contributed by atoms with Gasteiger partial charge in [0.15, 0.2) is 5.78 Å². The van der Waals surface area contributed by atoms with Gasteiger partial charge in [-0.25, -0.2) is 8.42 Å². The Hall–Kier alpha value is -1.10. The number of carbonyl (C=O) groups excluding carboxylic acids is 1. The SMILES string of the molecule is CCS(=O)(=O)CCCC(=O)c1ccoc1C. The summed E-state index contributed by atoms with van der Waals surface area (Å²) in [4.78, 5) is 11.6. The summed E-state index contributed by atoms with van der Waals surface area (Å²) in [5.74, 6) is 0.735. The zero-order valence-corrected chi connectivity index (χ0v) is 10.3. The summed E-state index contributed by atoms with van der Waals surface area (Å²) >= 11 is 0. The molecule has 0 spiro atoms. The van der Waals surface area contributed by atoms with Crippen LogP contribution in [0.25, 0.3) is 0 Å². The Balaban J connectivity index is 2.46. The second-order valence-corrected chi connectivity index (χ2v) is 6.13. The number of rotatable bonds is 6. The Morgan fingerprint density at radius 1 is 1.44 bits per heavy atom. The summed E-state index contributed by atoms with van der Waals surface area (Å²) in [5.41, 5.74) is 0.550. The molecule has 90 valence electrons. The van der Waals surface area contributed by atoms with Crippen LogP contribution in [0.15, 0.2) is 16.7 Å². The molecule has 0 bridgehead atoms. The third kappa shape index (κ3) is 3.48. The fourth-order valence-electron chi connectivity index (χ4n) is 1.41. The van der Waals surface area contributed by atoms with E-state index in [9.17, 15) is 13.2 Å². The predicted molar refractivity (Wildman–Crippen MR) is 61.3 cm³/mol. The first-order valence-electron chi connectivity index (χ1n) is 5.24. The Morgan fingerprint density at radius 3 is 2.62 bits per heavy atom. The molecule has 0 amide bonds. The van der Waals surface area contributed by atoms with Gasteiger partial charge in [0.25, 0.3) is 0 Å². The quantitative estimate of drug-likeness (QED) is 0.718. The minimum Gasteiger partial charge on any atom is -0.469 e. The van der Waals surface area contributed by atoms with Crippen LogP contribution in [0.1, 0.15) is 35.9 Å². The molecule has 1 aromatic heterocycles. The van der Waals surface area contributed by atoms with E-state index in [1.165, 1.54) is 6.26 Å². The van der Waals surface area contributed by atoms with E-state index in [-0.39, 0.29) is 23.7 Å². The van der Waals surface area contributed by atoms with Crippen molar-refractivity contribution in [1.29, 1.82) is 0 Å². The number of hydrogen-bond acceptors (Lipinski definition) is 4. The van der Waals surface area contributed by atoms with Crippen LogP contribution in [0.2, 0.25) is 0 Å². The molecule has 1 rings (SSSR count). The number of aryl methyl sites for hydroxylation is 1. The number of sulfone groups is 1. The molecular weight excluding hydrogens is 228 g/mol. The van der Waals surface area contributed by atoms with E-state index in [4.69, 9.17) is 4.42 Å². The van der Waals surface area contributed by atoms with E-state index in [2.05, 4.69) is 0 Å². The molecule has 0 saturated carbocycles. The Kier molecular flexibility index (Phi) is 4.29. The molecule has 0 fully saturated rings. The number of furan rings is 1. The predicted octanol–water partition coefficient (Wildman–Crippen LogP) is 1.99. The minimum atomic E-state index is -2.97. The number of Topliss-reactive ketones (excluding diaryl/α,β-unsaturated/α-hetero) is 1. The van der Waals surface area contributed by atoms with Gasteiger partial charge in [0.05, 0.1) is 17.6 Å². The summed E-state index contributed by atoms with van der Waals surface area (Å²) < 4.78 is 27.4. The number of hydrogen-bond donors (Lipinski definition) is 0. The zero-order valence-electron chi connectivity index (χ0n) is 9.52. The van der Waals surface area contributed by atoms with Crippen LogP contribution in [-0.4, -0.2) is 25.7 Å². The first kappa shape index (κ1) is 13.0. The third-order valence-electron chi connectivity index (χ3n) is 2.46. The molecule has 0 N–H and O–H groups in total. The highest BCUT2D eigenvalue weighted by molar-refractivity contribution is 7.91. The highest BCUT2D eigenvalue weighted by atomic mass is 32.2. The van der Waals surface area contributed by atoms with Crippen molar-refractivity contribution in [3.05, 3.63) is 23.7 Å². The van der Waals surface area contributed by atoms with Gasteiger partial charge >= 0.3 is 0 Å². The molecule has 16 heavy (non-hydrogen) atoms. The fourth-order valence-corrected chi connectivity index (χ4v) is 2.28. The lowest BCUT2D eigenvalue weighted by atomic mass is 10.1. The smallest absolute Gasteiger partial charge is 0.166 e. The van der Waals surface area contributed by atoms with Crippen molar-refractivity contribution in [3.63, 3.8) is 0 Å². The van der Waals surface area contributed by atoms with E-state index >= 15 is 0 Å². The molecule has 1 heterocycles. The fraction of sp³-hybridized carbons (Fsp3) is 0.545. The summed E-state index contributed by atoms with van der Waals surface area (Å²) in [6.45, 7) is 3.33. The van der Waals surface area contributed by atoms with Gasteiger partial charge in [-0.05, 0) is 19.4 Å². The topological polar surface area (TPSA) is 64.3 Å². The molecule has 0 radical (unpaired) electrons. The summed E-state index contributed by atoms with van der Waals surface area (Å²) in [5, 5.41) is 0. The number of ketones is 1. The maximum atomic E-state index is 11.6. The van der Waals surface area contributed by atoms with Gasteiger partial charge in [0.2, 0.25) is 0 Å². The van der Waals surface area contributed by atoms with Crippen molar-refractivity contribution in [2.24, 2.45) is 0 Å². The molecule has 0 aliphatic carbocycles. The molecule has 0 saturated heterocycles. The lowest BCUT2D eigenvalue weighted by molar-refractivity contribution is 0.0980. The summed E-state index contributed by atoms with van der Waals surface area (Å²) in [6, 6.07) is 1.62. The van der Waals surface area contributed by atoms with Crippen LogP contribution in [0.4, 0.5) is 0 Å². The average Bonchev–Trinajstić information content (AvgIpc) is 2.64.